The van der Waals surface area contributed by atoms with Crippen molar-refractivity contribution in [2.24, 2.45) is 0 Å². The fraction of sp³-hybridized carbons (Fsp3) is 0.864. The minimum atomic E-state index is -0.721. The second kappa shape index (κ2) is 19.5. The van der Waals surface area contributed by atoms with Gasteiger partial charge in [-0.2, -0.15) is 0 Å². The number of carboxylic acids is 1. The highest BCUT2D eigenvalue weighted by Gasteiger charge is 2.05. The molecule has 2 N–H and O–H groups in total. The lowest BCUT2D eigenvalue weighted by Gasteiger charge is -2.10. The van der Waals surface area contributed by atoms with Crippen LogP contribution in [0.15, 0.2) is 12.2 Å². The van der Waals surface area contributed by atoms with Gasteiger partial charge in [0.25, 0.3) is 0 Å². The molecule has 0 saturated heterocycles. The van der Waals surface area contributed by atoms with Crippen molar-refractivity contribution in [1.82, 2.24) is 5.32 Å². The highest BCUT2D eigenvalue weighted by Crippen LogP contribution is 2.09. The molecule has 0 spiro atoms. The van der Waals surface area contributed by atoms with Gasteiger partial charge in [0.2, 0.25) is 0 Å². The van der Waals surface area contributed by atoms with Crippen LogP contribution >= 0.6 is 0 Å². The van der Waals surface area contributed by atoms with Crippen LogP contribution in [-0.4, -0.2) is 23.7 Å². The maximum atomic E-state index is 10.5. The smallest absolute Gasteiger partial charge is 0.304 e. The summed E-state index contributed by atoms with van der Waals surface area (Å²) < 4.78 is 0. The van der Waals surface area contributed by atoms with Gasteiger partial charge in [-0.15, -0.1) is 0 Å². The Hall–Kier alpha value is -0.830. The number of aliphatic carboxylic acids is 1. The zero-order chi connectivity index (χ0) is 18.6. The zero-order valence-electron chi connectivity index (χ0n) is 16.9. The summed E-state index contributed by atoms with van der Waals surface area (Å²) >= 11 is 0. The summed E-state index contributed by atoms with van der Waals surface area (Å²) in [5.74, 6) is -0.721. The van der Waals surface area contributed by atoms with Crippen LogP contribution in [0, 0.1) is 0 Å². The highest BCUT2D eigenvalue weighted by atomic mass is 16.4. The molecule has 0 amide bonds. The first-order valence-electron chi connectivity index (χ1n) is 10.8. The van der Waals surface area contributed by atoms with Gasteiger partial charge in [-0.05, 0) is 45.6 Å². The standard InChI is InChI=1S/C22H43NO2/c1-3-4-5-6-7-8-9-10-11-12-13-14-15-16-17-18-19-23-21(2)20-22(24)25/h10-11,21,23H,3-9,12-20H2,1-2H3,(H,24,25). The van der Waals surface area contributed by atoms with Gasteiger partial charge >= 0.3 is 5.97 Å². The van der Waals surface area contributed by atoms with Crippen molar-refractivity contribution in [2.45, 2.75) is 116 Å². The third-order valence-corrected chi connectivity index (χ3v) is 4.66. The van der Waals surface area contributed by atoms with Gasteiger partial charge in [-0.3, -0.25) is 4.79 Å². The Labute approximate surface area is 156 Å². The molecule has 3 heteroatoms. The Morgan fingerprint density at radius 2 is 1.32 bits per heavy atom. The fourth-order valence-corrected chi connectivity index (χ4v) is 3.06. The topological polar surface area (TPSA) is 49.3 Å². The van der Waals surface area contributed by atoms with E-state index in [1.165, 1.54) is 83.5 Å². The van der Waals surface area contributed by atoms with Crippen LogP contribution in [0.4, 0.5) is 0 Å². The quantitative estimate of drug-likeness (QED) is 0.206. The van der Waals surface area contributed by atoms with Gasteiger partial charge in [-0.1, -0.05) is 76.9 Å². The maximum absolute atomic E-state index is 10.5. The van der Waals surface area contributed by atoms with Gasteiger partial charge in [0, 0.05) is 6.04 Å². The summed E-state index contributed by atoms with van der Waals surface area (Å²) in [7, 11) is 0. The molecule has 0 bridgehead atoms. The molecule has 0 heterocycles. The third kappa shape index (κ3) is 21.1. The van der Waals surface area contributed by atoms with E-state index in [1.807, 2.05) is 6.92 Å². The van der Waals surface area contributed by atoms with Crippen molar-refractivity contribution in [3.05, 3.63) is 12.2 Å². The van der Waals surface area contributed by atoms with Gasteiger partial charge in [-0.25, -0.2) is 0 Å². The number of carbonyl (C=O) groups is 1. The number of hydrogen-bond donors (Lipinski definition) is 2. The predicted octanol–water partition coefficient (Wildman–Crippen LogP) is 6.48. The molecule has 0 aliphatic rings. The van der Waals surface area contributed by atoms with Crippen LogP contribution in [0.1, 0.15) is 110 Å². The van der Waals surface area contributed by atoms with Gasteiger partial charge < -0.3 is 10.4 Å². The lowest BCUT2D eigenvalue weighted by molar-refractivity contribution is -0.137. The summed E-state index contributed by atoms with van der Waals surface area (Å²) in [6.07, 6.45) is 23.5. The van der Waals surface area contributed by atoms with Crippen LogP contribution in [0.3, 0.4) is 0 Å². The van der Waals surface area contributed by atoms with E-state index in [1.54, 1.807) is 0 Å². The largest absolute Gasteiger partial charge is 0.481 e. The lowest BCUT2D eigenvalue weighted by atomic mass is 10.1. The summed E-state index contributed by atoms with van der Waals surface area (Å²) in [5.41, 5.74) is 0. The van der Waals surface area contributed by atoms with E-state index in [9.17, 15) is 4.79 Å². The average molecular weight is 354 g/mol. The Morgan fingerprint density at radius 1 is 0.840 bits per heavy atom. The van der Waals surface area contributed by atoms with Crippen molar-refractivity contribution in [1.29, 1.82) is 0 Å². The first kappa shape index (κ1) is 24.2. The zero-order valence-corrected chi connectivity index (χ0v) is 16.9. The first-order chi connectivity index (χ1) is 12.2. The van der Waals surface area contributed by atoms with Gasteiger partial charge in [0.05, 0.1) is 6.42 Å². The normalized spacial score (nSPS) is 12.7. The minimum Gasteiger partial charge on any atom is -0.481 e. The van der Waals surface area contributed by atoms with E-state index in [0.29, 0.717) is 0 Å². The molecule has 0 radical (unpaired) electrons. The molecule has 0 aromatic carbocycles. The molecule has 1 atom stereocenters. The van der Waals surface area contributed by atoms with Gasteiger partial charge in [0.1, 0.15) is 0 Å². The van der Waals surface area contributed by atoms with E-state index in [-0.39, 0.29) is 12.5 Å². The van der Waals surface area contributed by atoms with Crippen molar-refractivity contribution >= 4 is 5.97 Å². The van der Waals surface area contributed by atoms with Crippen molar-refractivity contribution in [3.63, 3.8) is 0 Å². The molecular formula is C22H43NO2. The van der Waals surface area contributed by atoms with Crippen molar-refractivity contribution in [3.8, 4) is 0 Å². The number of carboxylic acid groups (broad SMARTS) is 1. The second-order valence-electron chi connectivity index (χ2n) is 7.39. The van der Waals surface area contributed by atoms with E-state index in [4.69, 9.17) is 5.11 Å². The van der Waals surface area contributed by atoms with Crippen LogP contribution in [0.25, 0.3) is 0 Å². The van der Waals surface area contributed by atoms with Crippen LogP contribution in [-0.2, 0) is 4.79 Å². The summed E-state index contributed by atoms with van der Waals surface area (Å²) in [5, 5.41) is 12.0. The van der Waals surface area contributed by atoms with E-state index in [0.717, 1.165) is 13.0 Å². The second-order valence-corrected chi connectivity index (χ2v) is 7.39. The van der Waals surface area contributed by atoms with E-state index < -0.39 is 5.97 Å². The monoisotopic (exact) mass is 353 g/mol. The number of unbranched alkanes of at least 4 members (excludes halogenated alkanes) is 12. The fourth-order valence-electron chi connectivity index (χ4n) is 3.06. The maximum Gasteiger partial charge on any atom is 0.304 e. The first-order valence-corrected chi connectivity index (χ1v) is 10.8. The molecule has 25 heavy (non-hydrogen) atoms. The molecule has 1 unspecified atom stereocenters. The molecule has 0 aromatic heterocycles. The van der Waals surface area contributed by atoms with E-state index >= 15 is 0 Å². The minimum absolute atomic E-state index is 0.0839. The predicted molar refractivity (Wildman–Crippen MR) is 109 cm³/mol. The summed E-state index contributed by atoms with van der Waals surface area (Å²) in [6, 6.07) is 0.0839. The molecule has 0 fully saturated rings. The van der Waals surface area contributed by atoms with Crippen LogP contribution in [0.5, 0.6) is 0 Å². The summed E-state index contributed by atoms with van der Waals surface area (Å²) in [4.78, 5) is 10.5. The highest BCUT2D eigenvalue weighted by molar-refractivity contribution is 5.67. The van der Waals surface area contributed by atoms with Crippen LogP contribution in [0.2, 0.25) is 0 Å². The average Bonchev–Trinajstić information content (AvgIpc) is 2.57. The molecule has 3 nitrogen and oxygen atoms in total. The number of nitrogens with one attached hydrogen (secondary N) is 1. The number of allylic oxidation sites excluding steroid dienone is 2. The Bertz CT molecular complexity index is 315. The van der Waals surface area contributed by atoms with Crippen LogP contribution < -0.4 is 5.32 Å². The Morgan fingerprint density at radius 3 is 1.84 bits per heavy atom. The third-order valence-electron chi connectivity index (χ3n) is 4.66. The molecule has 0 saturated carbocycles. The molecular weight excluding hydrogens is 310 g/mol. The molecule has 148 valence electrons. The lowest BCUT2D eigenvalue weighted by Crippen LogP contribution is -2.29. The SMILES string of the molecule is CCCCCCCCC=CCCCCCCCCNC(C)CC(=O)O. The van der Waals surface area contributed by atoms with E-state index in [2.05, 4.69) is 24.4 Å². The van der Waals surface area contributed by atoms with Crippen molar-refractivity contribution in [2.75, 3.05) is 6.54 Å². The molecule has 0 aromatic rings. The Kier molecular flexibility index (Phi) is 18.8. The molecule has 0 aliphatic carbocycles. The van der Waals surface area contributed by atoms with Crippen molar-refractivity contribution < 1.29 is 9.90 Å². The number of hydrogen-bond acceptors (Lipinski definition) is 2. The molecule has 0 rings (SSSR count). The number of rotatable bonds is 19. The Balaban J connectivity index is 3.15. The summed E-state index contributed by atoms with van der Waals surface area (Å²) in [6.45, 7) is 5.15. The molecule has 0 aliphatic heterocycles. The van der Waals surface area contributed by atoms with Gasteiger partial charge in [0.15, 0.2) is 0 Å².